The van der Waals surface area contributed by atoms with Gasteiger partial charge in [-0.05, 0) is 62.9 Å². The van der Waals surface area contributed by atoms with E-state index in [1.807, 2.05) is 30.3 Å². The molecule has 2 aromatic carbocycles. The molecule has 0 aromatic heterocycles. The highest BCUT2D eigenvalue weighted by atomic mass is 19.1. The predicted octanol–water partition coefficient (Wildman–Crippen LogP) is 3.97. The van der Waals surface area contributed by atoms with Crippen LogP contribution in [0.25, 0.3) is 0 Å². The zero-order valence-electron chi connectivity index (χ0n) is 24.3. The van der Waals surface area contributed by atoms with Crippen LogP contribution in [0.15, 0.2) is 48.5 Å². The molecule has 3 N–H and O–H groups in total. The van der Waals surface area contributed by atoms with Crippen LogP contribution < -0.4 is 16.0 Å². The van der Waals surface area contributed by atoms with E-state index in [0.717, 1.165) is 16.8 Å². The van der Waals surface area contributed by atoms with E-state index < -0.39 is 23.7 Å². The Morgan fingerprint density at radius 2 is 1.80 bits per heavy atom. The Morgan fingerprint density at radius 1 is 1.10 bits per heavy atom. The van der Waals surface area contributed by atoms with Crippen LogP contribution in [-0.2, 0) is 31.1 Å². The largest absolute Gasteiger partial charge is 0.444 e. The minimum atomic E-state index is -0.893. The van der Waals surface area contributed by atoms with E-state index in [2.05, 4.69) is 16.0 Å². The molecule has 0 aliphatic carbocycles. The fourth-order valence-corrected chi connectivity index (χ4v) is 5.29. The lowest BCUT2D eigenvalue weighted by Crippen LogP contribution is -2.55. The van der Waals surface area contributed by atoms with Crippen molar-refractivity contribution in [2.75, 3.05) is 38.1 Å². The van der Waals surface area contributed by atoms with E-state index in [1.165, 1.54) is 6.07 Å². The number of hydrogen-bond donors (Lipinski definition) is 3. The second-order valence-corrected chi connectivity index (χ2v) is 12.0. The summed E-state index contributed by atoms with van der Waals surface area (Å²) in [7, 11) is 0. The van der Waals surface area contributed by atoms with Crippen LogP contribution in [0.3, 0.4) is 0 Å². The number of rotatable bonds is 9. The van der Waals surface area contributed by atoms with Gasteiger partial charge in [0, 0.05) is 37.3 Å². The molecule has 3 amide bonds. The van der Waals surface area contributed by atoms with Crippen molar-refractivity contribution in [2.24, 2.45) is 5.92 Å². The number of nitrogens with one attached hydrogen (secondary N) is 3. The quantitative estimate of drug-likeness (QED) is 0.423. The summed E-state index contributed by atoms with van der Waals surface area (Å²) in [6.07, 6.45) is 0.759. The third kappa shape index (κ3) is 7.97. The smallest absolute Gasteiger partial charge is 0.407 e. The lowest BCUT2D eigenvalue weighted by molar-refractivity contribution is -0.140. The molecule has 222 valence electrons. The van der Waals surface area contributed by atoms with Gasteiger partial charge in [0.05, 0.1) is 19.1 Å². The number of carbonyl (C=O) groups excluding carboxylic acids is 3. The van der Waals surface area contributed by atoms with E-state index in [9.17, 15) is 18.8 Å². The summed E-state index contributed by atoms with van der Waals surface area (Å²) in [5.41, 5.74) is 1.99. The van der Waals surface area contributed by atoms with Crippen molar-refractivity contribution in [1.82, 2.24) is 15.5 Å². The zero-order valence-corrected chi connectivity index (χ0v) is 24.3. The van der Waals surface area contributed by atoms with Gasteiger partial charge in [-0.25, -0.2) is 9.18 Å². The molecule has 2 aromatic rings. The topological polar surface area (TPSA) is 109 Å². The maximum Gasteiger partial charge on any atom is 0.407 e. The molecule has 10 heteroatoms. The van der Waals surface area contributed by atoms with Gasteiger partial charge in [-0.15, -0.1) is 0 Å². The van der Waals surface area contributed by atoms with E-state index in [-0.39, 0.29) is 36.2 Å². The average molecular weight is 569 g/mol. The fourth-order valence-electron chi connectivity index (χ4n) is 5.29. The van der Waals surface area contributed by atoms with Crippen molar-refractivity contribution in [1.29, 1.82) is 0 Å². The second kappa shape index (κ2) is 12.9. The molecule has 0 saturated carbocycles. The molecule has 2 atom stereocenters. The summed E-state index contributed by atoms with van der Waals surface area (Å²) in [5, 5.41) is 8.84. The number of anilines is 1. The maximum absolute atomic E-state index is 14.0. The maximum atomic E-state index is 14.0. The minimum absolute atomic E-state index is 0.00290. The van der Waals surface area contributed by atoms with Crippen molar-refractivity contribution in [3.63, 3.8) is 0 Å². The first-order valence-corrected chi connectivity index (χ1v) is 14.2. The van der Waals surface area contributed by atoms with Gasteiger partial charge < -0.3 is 30.3 Å². The lowest BCUT2D eigenvalue weighted by Gasteiger charge is -2.40. The van der Waals surface area contributed by atoms with Crippen LogP contribution in [0, 0.1) is 11.7 Å². The third-order valence-corrected chi connectivity index (χ3v) is 7.61. The molecule has 4 rings (SSSR count). The van der Waals surface area contributed by atoms with Crippen LogP contribution in [0.5, 0.6) is 0 Å². The summed E-state index contributed by atoms with van der Waals surface area (Å²) in [6, 6.07) is 13.5. The van der Waals surface area contributed by atoms with E-state index in [4.69, 9.17) is 9.47 Å². The monoisotopic (exact) mass is 568 g/mol. The van der Waals surface area contributed by atoms with Crippen molar-refractivity contribution in [3.05, 3.63) is 65.5 Å². The molecule has 2 aliphatic heterocycles. The van der Waals surface area contributed by atoms with E-state index >= 15 is 0 Å². The van der Waals surface area contributed by atoms with Gasteiger partial charge in [-0.3, -0.25) is 9.59 Å². The van der Waals surface area contributed by atoms with Crippen LogP contribution >= 0.6 is 0 Å². The highest BCUT2D eigenvalue weighted by molar-refractivity contribution is 5.89. The molecule has 2 aliphatic rings. The van der Waals surface area contributed by atoms with E-state index in [1.54, 1.807) is 44.7 Å². The van der Waals surface area contributed by atoms with Crippen LogP contribution in [-0.4, -0.2) is 67.2 Å². The predicted molar refractivity (Wildman–Crippen MR) is 154 cm³/mol. The third-order valence-electron chi connectivity index (χ3n) is 7.61. The number of nitrogens with zero attached hydrogens (tertiary/aromatic N) is 1. The van der Waals surface area contributed by atoms with Crippen molar-refractivity contribution in [2.45, 2.75) is 64.2 Å². The van der Waals surface area contributed by atoms with Gasteiger partial charge in [0.1, 0.15) is 17.5 Å². The van der Waals surface area contributed by atoms with Crippen LogP contribution in [0.4, 0.5) is 14.9 Å². The highest BCUT2D eigenvalue weighted by Crippen LogP contribution is 2.44. The number of alkyl carbamates (subject to hydrolysis) is 1. The summed E-state index contributed by atoms with van der Waals surface area (Å²) in [6.45, 7) is 8.99. The lowest BCUT2D eigenvalue weighted by atomic mass is 9.74. The molecule has 0 radical (unpaired) electrons. The number of likely N-dealkylation sites (tertiary alicyclic amines) is 1. The molecule has 9 nitrogen and oxygen atoms in total. The molecule has 1 fully saturated rings. The van der Waals surface area contributed by atoms with E-state index in [0.29, 0.717) is 39.1 Å². The SMILES string of the molecule is CC(CNC(=O)OC(C)(C)C)C(=O)N[C@H](COCc1ccccc1)C(=O)N1CCC2(CC1)CNc1ccc(F)cc12. The first-order valence-electron chi connectivity index (χ1n) is 14.2. The molecule has 0 bridgehead atoms. The van der Waals surface area contributed by atoms with Crippen molar-refractivity contribution in [3.8, 4) is 0 Å². The molecular formula is C31H41FN4O5. The molecule has 1 unspecified atom stereocenters. The van der Waals surface area contributed by atoms with Crippen molar-refractivity contribution >= 4 is 23.6 Å². The Morgan fingerprint density at radius 3 is 2.49 bits per heavy atom. The molecule has 41 heavy (non-hydrogen) atoms. The Hall–Kier alpha value is -3.66. The standard InChI is InChI=1S/C31H41FN4O5/c1-21(17-33-29(39)41-30(2,3)4)27(37)35-26(19-40-18-22-8-6-5-7-9-22)28(38)36-14-12-31(13-15-36)20-34-25-11-10-23(32)16-24(25)31/h5-11,16,21,26,34H,12-15,17-20H2,1-4H3,(H,33,39)(H,35,37)/t21?,26-/m1/s1. The average Bonchev–Trinajstić information content (AvgIpc) is 3.27. The number of carbonyl (C=O) groups is 3. The molecule has 2 heterocycles. The Labute approximate surface area is 241 Å². The normalized spacial score (nSPS) is 17.2. The number of halogens is 1. The van der Waals surface area contributed by atoms with Crippen LogP contribution in [0.1, 0.15) is 51.7 Å². The van der Waals surface area contributed by atoms with Gasteiger partial charge in [-0.2, -0.15) is 0 Å². The minimum Gasteiger partial charge on any atom is -0.444 e. The van der Waals surface area contributed by atoms with Gasteiger partial charge in [0.2, 0.25) is 11.8 Å². The first-order chi connectivity index (χ1) is 19.5. The van der Waals surface area contributed by atoms with Gasteiger partial charge in [-0.1, -0.05) is 37.3 Å². The number of amides is 3. The summed E-state index contributed by atoms with van der Waals surface area (Å²) in [5.74, 6) is -1.47. The second-order valence-electron chi connectivity index (χ2n) is 12.0. The molecule has 1 saturated heterocycles. The Balaban J connectivity index is 1.38. The fraction of sp³-hybridized carbons (Fsp3) is 0.516. The highest BCUT2D eigenvalue weighted by Gasteiger charge is 2.43. The van der Waals surface area contributed by atoms with Gasteiger partial charge in [0.15, 0.2) is 0 Å². The number of fused-ring (bicyclic) bond motifs is 2. The summed E-state index contributed by atoms with van der Waals surface area (Å²) in [4.78, 5) is 40.5. The zero-order chi connectivity index (χ0) is 29.6. The first kappa shape index (κ1) is 30.3. The van der Waals surface area contributed by atoms with Gasteiger partial charge in [0.25, 0.3) is 0 Å². The summed E-state index contributed by atoms with van der Waals surface area (Å²) < 4.78 is 25.2. The molecular weight excluding hydrogens is 527 g/mol. The number of benzene rings is 2. The number of piperidine rings is 1. The Kier molecular flexibility index (Phi) is 9.53. The van der Waals surface area contributed by atoms with Gasteiger partial charge >= 0.3 is 6.09 Å². The van der Waals surface area contributed by atoms with Crippen LogP contribution in [0.2, 0.25) is 0 Å². The number of hydrogen-bond acceptors (Lipinski definition) is 6. The summed E-state index contributed by atoms with van der Waals surface area (Å²) >= 11 is 0. The molecule has 1 spiro atoms. The number of ether oxygens (including phenoxy) is 2. The Bertz CT molecular complexity index is 1220. The van der Waals surface area contributed by atoms with Crippen molar-refractivity contribution < 1.29 is 28.2 Å².